The topological polar surface area (TPSA) is 83.0 Å². The first-order chi connectivity index (χ1) is 28.8. The lowest BCUT2D eigenvalue weighted by Crippen LogP contribution is -2.47. The molecule has 0 amide bonds. The van der Waals surface area contributed by atoms with Crippen LogP contribution in [0.3, 0.4) is 0 Å². The molecule has 4 aromatic carbocycles. The summed E-state index contributed by atoms with van der Waals surface area (Å²) in [4.78, 5) is 19.2. The van der Waals surface area contributed by atoms with Crippen molar-refractivity contribution in [3.63, 3.8) is 0 Å². The fraction of sp³-hybridized carbons (Fsp3) is 0.378. The highest BCUT2D eigenvalue weighted by Crippen LogP contribution is 2.28. The normalized spacial score (nSPS) is 14.9. The van der Waals surface area contributed by atoms with Crippen molar-refractivity contribution in [1.82, 2.24) is 28.5 Å². The number of benzene rings is 4. The number of ether oxygens (including phenoxy) is 2. The number of piperazine rings is 2. The Balaban J connectivity index is 0.000000179. The summed E-state index contributed by atoms with van der Waals surface area (Å²) in [5.41, 5.74) is 4.69. The van der Waals surface area contributed by atoms with Crippen molar-refractivity contribution in [2.45, 2.75) is 39.7 Å². The lowest BCUT2D eigenvalue weighted by molar-refractivity contribution is 0.241. The Hall–Kier alpha value is -4.30. The third-order valence-corrected chi connectivity index (χ3v) is 12.3. The molecule has 0 N–H and O–H groups in total. The van der Waals surface area contributed by atoms with Crippen LogP contribution in [-0.4, -0.2) is 107 Å². The average molecular weight is 872 g/mol. The van der Waals surface area contributed by atoms with Crippen LogP contribution in [0, 0.1) is 0 Å². The average Bonchev–Trinajstić information content (AvgIpc) is 3.96. The molecule has 59 heavy (non-hydrogen) atoms. The summed E-state index contributed by atoms with van der Waals surface area (Å²) in [6.45, 7) is 17.1. The highest BCUT2D eigenvalue weighted by Gasteiger charge is 2.22. The van der Waals surface area contributed by atoms with Crippen molar-refractivity contribution in [3.8, 4) is 34.3 Å². The van der Waals surface area contributed by atoms with Gasteiger partial charge in [0.05, 0.1) is 12.7 Å². The van der Waals surface area contributed by atoms with Crippen molar-refractivity contribution in [2.24, 2.45) is 0 Å². The lowest BCUT2D eigenvalue weighted by Gasteiger charge is -2.34. The van der Waals surface area contributed by atoms with Gasteiger partial charge >= 0.3 is 0 Å². The Morgan fingerprint density at radius 3 is 1.56 bits per heavy atom. The molecular formula is C45H52Cl2N8O2S2. The van der Waals surface area contributed by atoms with Gasteiger partial charge in [0.25, 0.3) is 0 Å². The van der Waals surface area contributed by atoms with E-state index in [1.165, 1.54) is 34.2 Å². The number of halogens is 2. The van der Waals surface area contributed by atoms with E-state index >= 15 is 0 Å². The Kier molecular flexibility index (Phi) is 15.4. The zero-order chi connectivity index (χ0) is 41.0. The third kappa shape index (κ3) is 12.6. The first-order valence-electron chi connectivity index (χ1n) is 20.4. The van der Waals surface area contributed by atoms with Crippen molar-refractivity contribution in [3.05, 3.63) is 118 Å². The maximum absolute atomic E-state index is 5.97. The summed E-state index contributed by atoms with van der Waals surface area (Å²) in [6.07, 6.45) is 2.30. The predicted molar refractivity (Wildman–Crippen MR) is 245 cm³/mol. The Bertz CT molecular complexity index is 2170. The molecule has 0 radical (unpaired) electrons. The van der Waals surface area contributed by atoms with E-state index in [1.807, 2.05) is 61.5 Å². The van der Waals surface area contributed by atoms with Crippen molar-refractivity contribution >= 4 is 56.5 Å². The molecule has 310 valence electrons. The monoisotopic (exact) mass is 870 g/mol. The molecule has 0 unspecified atom stereocenters. The summed E-state index contributed by atoms with van der Waals surface area (Å²) in [5.74, 6) is 3.46. The van der Waals surface area contributed by atoms with E-state index in [-0.39, 0.29) is 6.10 Å². The van der Waals surface area contributed by atoms with E-state index in [9.17, 15) is 0 Å². The van der Waals surface area contributed by atoms with E-state index in [4.69, 9.17) is 42.6 Å². The molecule has 4 heterocycles. The summed E-state index contributed by atoms with van der Waals surface area (Å²) < 4.78 is 20.4. The maximum Gasteiger partial charge on any atom is 0.205 e. The van der Waals surface area contributed by atoms with Gasteiger partial charge in [0.15, 0.2) is 11.6 Å². The number of aromatic nitrogens is 4. The van der Waals surface area contributed by atoms with E-state index in [1.54, 1.807) is 0 Å². The minimum Gasteiger partial charge on any atom is -0.494 e. The molecule has 0 spiro atoms. The van der Waals surface area contributed by atoms with Crippen LogP contribution < -0.4 is 19.3 Å². The van der Waals surface area contributed by atoms with Crippen LogP contribution >= 0.6 is 46.3 Å². The summed E-state index contributed by atoms with van der Waals surface area (Å²) in [7, 11) is 0. The predicted octanol–water partition coefficient (Wildman–Crippen LogP) is 9.63. The lowest BCUT2D eigenvalue weighted by atomic mass is 10.1. The van der Waals surface area contributed by atoms with Crippen LogP contribution in [0.1, 0.15) is 31.9 Å². The van der Waals surface area contributed by atoms with E-state index in [0.717, 1.165) is 133 Å². The summed E-state index contributed by atoms with van der Waals surface area (Å²) >= 11 is 14.9. The maximum atomic E-state index is 5.97. The second-order valence-electron chi connectivity index (χ2n) is 14.9. The van der Waals surface area contributed by atoms with Crippen LogP contribution in [0.15, 0.2) is 97.1 Å². The van der Waals surface area contributed by atoms with Crippen LogP contribution in [0.5, 0.6) is 11.5 Å². The van der Waals surface area contributed by atoms with Crippen LogP contribution in [0.4, 0.5) is 10.3 Å². The van der Waals surface area contributed by atoms with Crippen molar-refractivity contribution < 1.29 is 9.47 Å². The van der Waals surface area contributed by atoms with E-state index < -0.39 is 0 Å². The molecule has 0 atom stereocenters. The number of hydrogen-bond donors (Lipinski definition) is 0. The minimum absolute atomic E-state index is 0.203. The van der Waals surface area contributed by atoms with Gasteiger partial charge in [-0.1, -0.05) is 47.5 Å². The highest BCUT2D eigenvalue weighted by atomic mass is 35.5. The van der Waals surface area contributed by atoms with Gasteiger partial charge in [-0.15, -0.1) is 0 Å². The van der Waals surface area contributed by atoms with Crippen molar-refractivity contribution in [2.75, 3.05) is 81.9 Å². The molecule has 6 aromatic rings. The van der Waals surface area contributed by atoms with Gasteiger partial charge in [-0.2, -0.15) is 18.7 Å². The first-order valence-corrected chi connectivity index (χ1v) is 22.7. The SMILES string of the molecule is CC(C)Oc1cccc(CCN2CCN(c3nc(-c4ccc(Cl)cc4)ns3)CC2)c1.CCOc1ccc(CCN2CCN(c3nc(-c4ccc(Cl)cc4)ns3)CC2)cc1. The molecule has 0 saturated carbocycles. The standard InChI is InChI=1S/C23H27ClN4OS.C22H25ClN4OS/c1-17(2)29-21-5-3-4-18(16-21)10-11-27-12-14-28(15-13-27)23-25-22(26-30-23)19-6-8-20(24)9-7-19;1-2-28-20-9-3-17(4-10-20)11-12-26-13-15-27(16-14-26)22-24-21(25-29-22)18-5-7-19(23)8-6-18/h3-9,16-17H,10-15H2,1-2H3;3-10H,2,11-16H2,1H3. The highest BCUT2D eigenvalue weighted by molar-refractivity contribution is 7.10. The van der Waals surface area contributed by atoms with E-state index in [0.29, 0.717) is 6.61 Å². The zero-order valence-corrected chi connectivity index (χ0v) is 37.1. The zero-order valence-electron chi connectivity index (χ0n) is 34.0. The fourth-order valence-electron chi connectivity index (χ4n) is 6.99. The molecule has 2 fully saturated rings. The smallest absolute Gasteiger partial charge is 0.205 e. The van der Waals surface area contributed by atoms with Crippen LogP contribution in [-0.2, 0) is 12.8 Å². The van der Waals surface area contributed by atoms with Crippen molar-refractivity contribution in [1.29, 1.82) is 0 Å². The molecular weight excluding hydrogens is 820 g/mol. The molecule has 2 saturated heterocycles. The number of anilines is 2. The Labute approximate surface area is 366 Å². The summed E-state index contributed by atoms with van der Waals surface area (Å²) in [5, 5.41) is 3.45. The van der Waals surface area contributed by atoms with Gasteiger partial charge in [0.2, 0.25) is 10.3 Å². The minimum atomic E-state index is 0.203. The summed E-state index contributed by atoms with van der Waals surface area (Å²) in [6, 6.07) is 32.3. The Morgan fingerprint density at radius 1 is 0.593 bits per heavy atom. The van der Waals surface area contributed by atoms with Gasteiger partial charge < -0.3 is 19.3 Å². The molecule has 2 aromatic heterocycles. The van der Waals surface area contributed by atoms with Gasteiger partial charge in [0.1, 0.15) is 11.5 Å². The molecule has 2 aliphatic heterocycles. The first kappa shape index (κ1) is 42.8. The molecule has 0 bridgehead atoms. The molecule has 8 rings (SSSR count). The molecule has 10 nitrogen and oxygen atoms in total. The number of nitrogens with zero attached hydrogens (tertiary/aromatic N) is 8. The quantitative estimate of drug-likeness (QED) is 0.106. The van der Waals surface area contributed by atoms with Gasteiger partial charge in [0, 0.05) is 110 Å². The van der Waals surface area contributed by atoms with Gasteiger partial charge in [-0.05, 0) is 118 Å². The van der Waals surface area contributed by atoms with Crippen LogP contribution in [0.2, 0.25) is 10.0 Å². The largest absolute Gasteiger partial charge is 0.494 e. The van der Waals surface area contributed by atoms with Gasteiger partial charge in [-0.25, -0.2) is 0 Å². The Morgan fingerprint density at radius 2 is 1.08 bits per heavy atom. The molecule has 0 aliphatic carbocycles. The van der Waals surface area contributed by atoms with Crippen LogP contribution in [0.25, 0.3) is 22.8 Å². The van der Waals surface area contributed by atoms with E-state index in [2.05, 4.69) is 84.7 Å². The second-order valence-corrected chi connectivity index (χ2v) is 17.2. The molecule has 14 heteroatoms. The fourth-order valence-corrected chi connectivity index (χ4v) is 8.72. The second kappa shape index (κ2) is 21.3. The number of hydrogen-bond acceptors (Lipinski definition) is 12. The molecule has 2 aliphatic rings. The number of rotatable bonds is 14. The third-order valence-electron chi connectivity index (χ3n) is 10.3. The van der Waals surface area contributed by atoms with Gasteiger partial charge in [-0.3, -0.25) is 9.80 Å².